The third-order valence-corrected chi connectivity index (χ3v) is 17.7. The summed E-state index contributed by atoms with van der Waals surface area (Å²) in [4.78, 5) is 115. The Morgan fingerprint density at radius 1 is 0.346 bits per heavy atom. The predicted molar refractivity (Wildman–Crippen MR) is 380 cm³/mol. The van der Waals surface area contributed by atoms with Crippen LogP contribution in [0.15, 0.2) is 266 Å². The van der Waals surface area contributed by atoms with Crippen molar-refractivity contribution in [3.63, 3.8) is 0 Å². The Bertz CT molecular complexity index is 4320. The van der Waals surface area contributed by atoms with Gasteiger partial charge < -0.3 is 76.9 Å². The van der Waals surface area contributed by atoms with Gasteiger partial charge in [0, 0.05) is 0 Å². The molecule has 8 aromatic rings. The molecule has 3 fully saturated rings. The molecule has 3 aliphatic rings. The fourth-order valence-corrected chi connectivity index (χ4v) is 12.3. The Kier molecular flexibility index (Phi) is 27.0. The molecule has 0 spiro atoms. The van der Waals surface area contributed by atoms with E-state index in [0.717, 1.165) is 0 Å². The van der Waals surface area contributed by atoms with Crippen molar-refractivity contribution in [2.45, 2.75) is 112 Å². The molecule has 0 aromatic heterocycles. The second kappa shape index (κ2) is 37.6. The first-order valence-electron chi connectivity index (χ1n) is 34.6. The number of carbonyl (C=O) groups excluding carboxylic acids is 8. The minimum atomic E-state index is -1.98. The highest BCUT2D eigenvalue weighted by Crippen LogP contribution is 2.39. The molecule has 24 heteroatoms. The summed E-state index contributed by atoms with van der Waals surface area (Å²) in [5, 5.41) is 34.9. The fraction of sp³-hybridized carbons (Fsp3) is 0.277. The van der Waals surface area contributed by atoms with E-state index in [1.165, 1.54) is 110 Å². The van der Waals surface area contributed by atoms with Gasteiger partial charge in [-0.2, -0.15) is 0 Å². The summed E-state index contributed by atoms with van der Waals surface area (Å²) >= 11 is 0. The molecule has 11 rings (SSSR count). The molecule has 24 nitrogen and oxygen atoms in total. The molecule has 107 heavy (non-hydrogen) atoms. The number of ether oxygens (including phenoxy) is 13. The maximum atomic E-state index is 14.9. The number of aliphatic hydroxyl groups excluding tert-OH is 3. The number of benzene rings is 8. The minimum absolute atomic E-state index is 0.00937. The van der Waals surface area contributed by atoms with E-state index in [1.807, 2.05) is 0 Å². The van der Waals surface area contributed by atoms with Gasteiger partial charge in [-0.15, -0.1) is 0 Å². The van der Waals surface area contributed by atoms with Crippen LogP contribution in [0.5, 0.6) is 0 Å². The molecule has 0 aliphatic carbocycles. The van der Waals surface area contributed by atoms with Gasteiger partial charge in [0.1, 0.15) is 49.3 Å². The van der Waals surface area contributed by atoms with Gasteiger partial charge in [-0.25, -0.2) is 38.4 Å². The molecule has 3 N–H and O–H groups in total. The number of aliphatic hydroxyl groups is 3. The van der Waals surface area contributed by atoms with Gasteiger partial charge in [-0.05, 0) is 128 Å². The van der Waals surface area contributed by atoms with Crippen LogP contribution in [-0.2, 0) is 61.6 Å². The highest BCUT2D eigenvalue weighted by atomic mass is 16.7. The molecule has 15 atom stereocenters. The largest absolute Gasteiger partial charge is 0.459 e. The lowest BCUT2D eigenvalue weighted by molar-refractivity contribution is -0.295. The van der Waals surface area contributed by atoms with Crippen LogP contribution in [0.4, 0.5) is 0 Å². The zero-order chi connectivity index (χ0) is 75.2. The van der Waals surface area contributed by atoms with E-state index in [4.69, 9.17) is 61.6 Å². The Hall–Kier alpha value is -11.3. The maximum absolute atomic E-state index is 14.9. The normalized spacial score (nSPS) is 24.3. The van der Waals surface area contributed by atoms with Gasteiger partial charge in [0.15, 0.2) is 49.0 Å². The van der Waals surface area contributed by atoms with Crippen LogP contribution in [0.3, 0.4) is 0 Å². The highest BCUT2D eigenvalue weighted by Gasteiger charge is 2.56. The summed E-state index contributed by atoms with van der Waals surface area (Å²) in [6.45, 7) is 1.71. The molecule has 3 heterocycles. The lowest BCUT2D eigenvalue weighted by Crippen LogP contribution is -2.62. The van der Waals surface area contributed by atoms with Crippen molar-refractivity contribution in [3.8, 4) is 0 Å². The van der Waals surface area contributed by atoms with E-state index in [-0.39, 0.29) is 88.5 Å². The summed E-state index contributed by atoms with van der Waals surface area (Å²) in [6, 6.07) is 62.6. The van der Waals surface area contributed by atoms with Crippen LogP contribution in [0.25, 0.3) is 0 Å². The molecular weight excluding hydrogens is 1380 g/mol. The third kappa shape index (κ3) is 20.0. The number of hydrogen-bond acceptors (Lipinski definition) is 24. The van der Waals surface area contributed by atoms with E-state index in [1.54, 1.807) is 159 Å². The molecule has 3 aliphatic heterocycles. The lowest BCUT2D eigenvalue weighted by Gasteiger charge is -2.46. The summed E-state index contributed by atoms with van der Waals surface area (Å²) in [6.07, 6.45) is -23.0. The third-order valence-electron chi connectivity index (χ3n) is 17.7. The quantitative estimate of drug-likeness (QED) is 0.0178. The Morgan fingerprint density at radius 2 is 0.673 bits per heavy atom. The Balaban J connectivity index is 1.04. The predicted octanol–water partition coefficient (Wildman–Crippen LogP) is 9.71. The van der Waals surface area contributed by atoms with Crippen LogP contribution in [0.2, 0.25) is 0 Å². The molecule has 554 valence electrons. The Labute approximate surface area is 615 Å². The standard InChI is InChI=1S/C83H78O24/c1-51(43-44-61-68(101-76(88)54-29-13-4-14-30-54)65(86)72(83(100-61)96-48-47-95-46-45-84)105-80(92)58-37-21-8-22-38-58)66-73(106-81(93)59-39-23-9-24-40-59)74(107-82(94)60-41-25-10-26-42-60)70(103-78(90)56-33-17-6-18-34-56)62(98-66)49-52(2)67-71(104-79(91)57-35-19-7-20-36-57)64(85)69(102-77(89)55-31-15-5-16-32-55)63(99-67)50-97-75(87)53-27-11-3-12-28-53/h3-43,49,61-74,83-86H,44-48,50H2,1-2H3/b51-43+,52-49+/t61-,62-,63-,64+,65+,66+,67+,68-,69-,70-,71-,72-,73+,74+,83-/m1/s1. The zero-order valence-electron chi connectivity index (χ0n) is 58.1. The monoisotopic (exact) mass is 1460 g/mol. The van der Waals surface area contributed by atoms with Crippen molar-refractivity contribution in [2.75, 3.05) is 33.0 Å². The molecule has 0 bridgehead atoms. The fourth-order valence-electron chi connectivity index (χ4n) is 12.3. The van der Waals surface area contributed by atoms with Crippen molar-refractivity contribution in [3.05, 3.63) is 310 Å². The van der Waals surface area contributed by atoms with Crippen molar-refractivity contribution >= 4 is 47.8 Å². The first-order chi connectivity index (χ1) is 52.0. The molecule has 3 saturated heterocycles. The average molecular weight is 1460 g/mol. The van der Waals surface area contributed by atoms with E-state index >= 15 is 0 Å². The lowest BCUT2D eigenvalue weighted by atomic mass is 9.86. The van der Waals surface area contributed by atoms with Gasteiger partial charge in [0.05, 0.1) is 70.9 Å². The summed E-state index contributed by atoms with van der Waals surface area (Å²) in [5.74, 6) is -7.44. The van der Waals surface area contributed by atoms with Crippen molar-refractivity contribution in [1.29, 1.82) is 0 Å². The van der Waals surface area contributed by atoms with Gasteiger partial charge in [0.25, 0.3) is 0 Å². The van der Waals surface area contributed by atoms with E-state index in [9.17, 15) is 53.7 Å². The molecule has 0 amide bonds. The number of rotatable bonds is 28. The van der Waals surface area contributed by atoms with Gasteiger partial charge in [-0.3, -0.25) is 0 Å². The van der Waals surface area contributed by atoms with Gasteiger partial charge in [-0.1, -0.05) is 158 Å². The van der Waals surface area contributed by atoms with Gasteiger partial charge >= 0.3 is 47.8 Å². The van der Waals surface area contributed by atoms with E-state index in [2.05, 4.69) is 0 Å². The summed E-state index contributed by atoms with van der Waals surface area (Å²) in [5.41, 5.74) is 0.693. The SMILES string of the molecule is C/C(=C\[C@H]1O[C@@H](/C(C)=C/C[C@H]2O[C@@H](OCCOCCO)[C@H](OC(=O)c3ccccc3)[C@@H](O)[C@@H]2OC(=O)c2ccccc2)[C@H](OC(=O)c2ccccc2)[C@@H](OC(=O)c2ccccc2)[C@@H]1OC(=O)c1ccccc1)[C@@H]1O[C@H](COC(=O)c2ccccc2)[C@@H](OC(=O)c2ccccc2)[C@H](O)[C@H]1OC(=O)c1ccccc1. The smallest absolute Gasteiger partial charge is 0.338 e. The number of esters is 8. The number of hydrogen-bond donors (Lipinski definition) is 3. The van der Waals surface area contributed by atoms with Crippen molar-refractivity contribution in [2.24, 2.45) is 0 Å². The second-order valence-electron chi connectivity index (χ2n) is 25.1. The molecule has 8 aromatic carbocycles. The second-order valence-corrected chi connectivity index (χ2v) is 25.1. The van der Waals surface area contributed by atoms with Crippen LogP contribution >= 0.6 is 0 Å². The highest BCUT2D eigenvalue weighted by molar-refractivity contribution is 5.93. The Morgan fingerprint density at radius 3 is 1.07 bits per heavy atom. The zero-order valence-corrected chi connectivity index (χ0v) is 58.1. The first-order valence-corrected chi connectivity index (χ1v) is 34.6. The van der Waals surface area contributed by atoms with E-state index in [0.29, 0.717) is 0 Å². The average Bonchev–Trinajstić information content (AvgIpc) is 0.748. The van der Waals surface area contributed by atoms with Gasteiger partial charge in [0.2, 0.25) is 0 Å². The van der Waals surface area contributed by atoms with Crippen LogP contribution in [0, 0.1) is 0 Å². The minimum Gasteiger partial charge on any atom is -0.459 e. The van der Waals surface area contributed by atoms with Crippen molar-refractivity contribution in [1.82, 2.24) is 0 Å². The molecule has 0 unspecified atom stereocenters. The first kappa shape index (κ1) is 76.8. The van der Waals surface area contributed by atoms with Crippen LogP contribution in [0.1, 0.15) is 103 Å². The number of carbonyl (C=O) groups is 8. The maximum Gasteiger partial charge on any atom is 0.338 e. The van der Waals surface area contributed by atoms with Crippen LogP contribution < -0.4 is 0 Å². The summed E-state index contributed by atoms with van der Waals surface area (Å²) < 4.78 is 82.1. The van der Waals surface area contributed by atoms with E-state index < -0.39 is 146 Å². The topological polar surface area (TPSA) is 317 Å². The summed E-state index contributed by atoms with van der Waals surface area (Å²) in [7, 11) is 0. The van der Waals surface area contributed by atoms with Crippen molar-refractivity contribution < 1.29 is 115 Å². The molecule has 0 radical (unpaired) electrons. The van der Waals surface area contributed by atoms with Crippen LogP contribution in [-0.4, -0.2) is 188 Å². The molecule has 0 saturated carbocycles. The molecular formula is C83H78O24.